The molecule has 26 heavy (non-hydrogen) atoms. The van der Waals surface area contributed by atoms with Crippen molar-refractivity contribution in [3.05, 3.63) is 36.0 Å². The van der Waals surface area contributed by atoms with Crippen molar-refractivity contribution in [2.45, 2.75) is 44.4 Å². The van der Waals surface area contributed by atoms with Crippen LogP contribution >= 0.6 is 0 Å². The van der Waals surface area contributed by atoms with Gasteiger partial charge in [-0.2, -0.15) is 4.98 Å². The zero-order chi connectivity index (χ0) is 18.4. The van der Waals surface area contributed by atoms with Crippen LogP contribution in [0.4, 0.5) is 10.5 Å². The van der Waals surface area contributed by atoms with Crippen LogP contribution < -0.4 is 10.1 Å². The van der Waals surface area contributed by atoms with E-state index in [0.717, 1.165) is 30.2 Å². The first-order chi connectivity index (χ1) is 12.7. The van der Waals surface area contributed by atoms with Gasteiger partial charge >= 0.3 is 6.03 Å². The van der Waals surface area contributed by atoms with E-state index in [2.05, 4.69) is 15.5 Å². The zero-order valence-corrected chi connectivity index (χ0v) is 15.4. The molecule has 1 aliphatic carbocycles. The molecule has 1 N–H and O–H groups in total. The van der Waals surface area contributed by atoms with E-state index in [4.69, 9.17) is 9.26 Å². The van der Waals surface area contributed by atoms with Crippen molar-refractivity contribution >= 4 is 11.7 Å². The van der Waals surface area contributed by atoms with E-state index in [9.17, 15) is 4.79 Å². The zero-order valence-electron chi connectivity index (χ0n) is 15.4. The summed E-state index contributed by atoms with van der Waals surface area (Å²) < 4.78 is 10.5. The van der Waals surface area contributed by atoms with Crippen molar-refractivity contribution in [3.8, 4) is 5.75 Å². The van der Waals surface area contributed by atoms with Gasteiger partial charge in [0.2, 0.25) is 5.89 Å². The van der Waals surface area contributed by atoms with Crippen molar-refractivity contribution in [2.75, 3.05) is 26.0 Å². The monoisotopic (exact) mass is 358 g/mol. The molecule has 0 unspecified atom stereocenters. The fourth-order valence-corrected chi connectivity index (χ4v) is 3.15. The number of urea groups is 1. The lowest BCUT2D eigenvalue weighted by Gasteiger charge is -2.17. The molecule has 0 aliphatic heterocycles. The predicted octanol–water partition coefficient (Wildman–Crippen LogP) is 3.83. The number of hydrogen-bond acceptors (Lipinski definition) is 5. The topological polar surface area (TPSA) is 80.5 Å². The van der Waals surface area contributed by atoms with E-state index in [1.807, 2.05) is 12.1 Å². The van der Waals surface area contributed by atoms with Crippen LogP contribution in [-0.4, -0.2) is 41.8 Å². The van der Waals surface area contributed by atoms with Crippen LogP contribution in [0.1, 0.15) is 49.7 Å². The Morgan fingerprint density at radius 3 is 2.69 bits per heavy atom. The Balaban J connectivity index is 1.47. The molecule has 1 fully saturated rings. The van der Waals surface area contributed by atoms with Crippen LogP contribution in [0, 0.1) is 0 Å². The fraction of sp³-hybridized carbons (Fsp3) is 0.526. The van der Waals surface area contributed by atoms with Crippen LogP contribution in [-0.2, 0) is 6.42 Å². The first-order valence-electron chi connectivity index (χ1n) is 9.14. The van der Waals surface area contributed by atoms with E-state index in [-0.39, 0.29) is 6.03 Å². The molecular formula is C19H26N4O3. The summed E-state index contributed by atoms with van der Waals surface area (Å²) in [6, 6.07) is 7.05. The lowest BCUT2D eigenvalue weighted by Crippen LogP contribution is -2.33. The van der Waals surface area contributed by atoms with Gasteiger partial charge in [-0.25, -0.2) is 4.79 Å². The third-order valence-electron chi connectivity index (χ3n) is 4.80. The van der Waals surface area contributed by atoms with Crippen molar-refractivity contribution in [1.29, 1.82) is 0 Å². The standard InChI is InChI=1S/C19H26N4O3/c1-23(19(24)20-15-8-10-16(25-2)11-9-15)13-12-17-21-18(26-22-17)14-6-4-3-5-7-14/h8-11,14H,3-7,12-13H2,1-2H3,(H,20,24). The Bertz CT molecular complexity index is 708. The summed E-state index contributed by atoms with van der Waals surface area (Å²) in [5.41, 5.74) is 0.724. The molecular weight excluding hydrogens is 332 g/mol. The second kappa shape index (κ2) is 8.69. The maximum Gasteiger partial charge on any atom is 0.321 e. The highest BCUT2D eigenvalue weighted by Crippen LogP contribution is 2.31. The summed E-state index contributed by atoms with van der Waals surface area (Å²) in [6.45, 7) is 0.519. The van der Waals surface area contributed by atoms with Crippen molar-refractivity contribution < 1.29 is 14.1 Å². The minimum atomic E-state index is -0.175. The molecule has 0 bridgehead atoms. The smallest absolute Gasteiger partial charge is 0.321 e. The van der Waals surface area contributed by atoms with Crippen LogP contribution in [0.15, 0.2) is 28.8 Å². The minimum Gasteiger partial charge on any atom is -0.497 e. The maximum absolute atomic E-state index is 12.3. The average Bonchev–Trinajstić information content (AvgIpc) is 3.16. The van der Waals surface area contributed by atoms with Gasteiger partial charge in [-0.1, -0.05) is 24.4 Å². The molecule has 1 heterocycles. The first-order valence-corrected chi connectivity index (χ1v) is 9.14. The van der Waals surface area contributed by atoms with Crippen molar-refractivity contribution in [2.24, 2.45) is 0 Å². The second-order valence-corrected chi connectivity index (χ2v) is 6.71. The molecule has 0 radical (unpaired) electrons. The lowest BCUT2D eigenvalue weighted by molar-refractivity contribution is 0.222. The molecule has 1 aromatic carbocycles. The van der Waals surface area contributed by atoms with Gasteiger partial charge in [-0.15, -0.1) is 0 Å². The number of anilines is 1. The van der Waals surface area contributed by atoms with Crippen LogP contribution in [0.5, 0.6) is 5.75 Å². The number of amides is 2. The molecule has 7 heteroatoms. The number of aromatic nitrogens is 2. The maximum atomic E-state index is 12.3. The summed E-state index contributed by atoms with van der Waals surface area (Å²) in [6.07, 6.45) is 6.60. The van der Waals surface area contributed by atoms with Gasteiger partial charge in [-0.3, -0.25) is 0 Å². The van der Waals surface area contributed by atoms with Gasteiger partial charge < -0.3 is 19.5 Å². The normalized spacial score (nSPS) is 14.8. The number of carbonyl (C=O) groups excluding carboxylic acids is 1. The molecule has 140 valence electrons. The number of carbonyl (C=O) groups is 1. The molecule has 2 aromatic rings. The number of ether oxygens (including phenoxy) is 1. The Kier molecular flexibility index (Phi) is 6.09. The number of rotatable bonds is 6. The van der Waals surface area contributed by atoms with Gasteiger partial charge in [0, 0.05) is 31.6 Å². The highest BCUT2D eigenvalue weighted by molar-refractivity contribution is 5.89. The molecule has 3 rings (SSSR count). The minimum absolute atomic E-state index is 0.175. The Morgan fingerprint density at radius 1 is 1.27 bits per heavy atom. The number of hydrogen-bond donors (Lipinski definition) is 1. The largest absolute Gasteiger partial charge is 0.497 e. The summed E-state index contributed by atoms with van der Waals surface area (Å²) in [5, 5.41) is 6.92. The lowest BCUT2D eigenvalue weighted by atomic mass is 9.89. The van der Waals surface area contributed by atoms with E-state index in [1.54, 1.807) is 31.2 Å². The molecule has 2 amide bonds. The molecule has 0 saturated heterocycles. The van der Waals surface area contributed by atoms with Gasteiger partial charge in [0.05, 0.1) is 7.11 Å². The third kappa shape index (κ3) is 4.74. The summed E-state index contributed by atoms with van der Waals surface area (Å²) in [7, 11) is 3.36. The number of methoxy groups -OCH3 is 1. The summed E-state index contributed by atoms with van der Waals surface area (Å²) in [5.74, 6) is 2.57. The molecule has 0 spiro atoms. The molecule has 1 aromatic heterocycles. The number of benzene rings is 1. The molecule has 0 atom stereocenters. The number of nitrogens with one attached hydrogen (secondary N) is 1. The fourth-order valence-electron chi connectivity index (χ4n) is 3.15. The van der Waals surface area contributed by atoms with E-state index >= 15 is 0 Å². The van der Waals surface area contributed by atoms with E-state index in [1.165, 1.54) is 19.3 Å². The van der Waals surface area contributed by atoms with E-state index in [0.29, 0.717) is 24.7 Å². The average molecular weight is 358 g/mol. The van der Waals surface area contributed by atoms with Crippen LogP contribution in [0.2, 0.25) is 0 Å². The Hall–Kier alpha value is -2.57. The van der Waals surface area contributed by atoms with Gasteiger partial charge in [0.15, 0.2) is 5.82 Å². The Labute approximate surface area is 153 Å². The first kappa shape index (κ1) is 18.2. The van der Waals surface area contributed by atoms with Crippen molar-refractivity contribution in [3.63, 3.8) is 0 Å². The van der Waals surface area contributed by atoms with Crippen LogP contribution in [0.3, 0.4) is 0 Å². The van der Waals surface area contributed by atoms with Crippen molar-refractivity contribution in [1.82, 2.24) is 15.0 Å². The highest BCUT2D eigenvalue weighted by Gasteiger charge is 2.21. The third-order valence-corrected chi connectivity index (χ3v) is 4.80. The molecule has 1 aliphatic rings. The number of likely N-dealkylation sites (N-methyl/N-ethyl adjacent to an activating group) is 1. The predicted molar refractivity (Wildman–Crippen MR) is 98.5 cm³/mol. The quantitative estimate of drug-likeness (QED) is 0.849. The van der Waals surface area contributed by atoms with Gasteiger partial charge in [-0.05, 0) is 37.1 Å². The highest BCUT2D eigenvalue weighted by atomic mass is 16.5. The number of nitrogens with zero attached hydrogens (tertiary/aromatic N) is 3. The summed E-state index contributed by atoms with van der Waals surface area (Å²) >= 11 is 0. The SMILES string of the molecule is COc1ccc(NC(=O)N(C)CCc2noc(C3CCCCC3)n2)cc1. The van der Waals surface area contributed by atoms with Gasteiger partial charge in [0.25, 0.3) is 0 Å². The Morgan fingerprint density at radius 2 is 2.00 bits per heavy atom. The molecule has 7 nitrogen and oxygen atoms in total. The summed E-state index contributed by atoms with van der Waals surface area (Å²) in [4.78, 5) is 18.4. The molecule has 1 saturated carbocycles. The van der Waals surface area contributed by atoms with E-state index < -0.39 is 0 Å². The van der Waals surface area contributed by atoms with Gasteiger partial charge in [0.1, 0.15) is 5.75 Å². The van der Waals surface area contributed by atoms with Crippen LogP contribution in [0.25, 0.3) is 0 Å². The second-order valence-electron chi connectivity index (χ2n) is 6.71.